The molecule has 0 aliphatic heterocycles. The van der Waals surface area contributed by atoms with Crippen LogP contribution < -0.4 is 14.8 Å². The molecule has 4 nitrogen and oxygen atoms in total. The molecule has 0 aromatic heterocycles. The Bertz CT molecular complexity index is 430. The molecule has 0 atom stereocenters. The van der Waals surface area contributed by atoms with Crippen molar-refractivity contribution in [2.75, 3.05) is 19.8 Å². The number of benzene rings is 1. The molecule has 1 aromatic carbocycles. The number of para-hydroxylation sites is 1. The molecule has 20 heavy (non-hydrogen) atoms. The Morgan fingerprint density at radius 2 is 2.10 bits per heavy atom. The summed E-state index contributed by atoms with van der Waals surface area (Å²) < 4.78 is 11.4. The fourth-order valence-corrected chi connectivity index (χ4v) is 1.75. The van der Waals surface area contributed by atoms with Gasteiger partial charge in [0.2, 0.25) is 0 Å². The van der Waals surface area contributed by atoms with Crippen molar-refractivity contribution >= 4 is 0 Å². The van der Waals surface area contributed by atoms with Crippen LogP contribution in [-0.2, 0) is 6.54 Å². The summed E-state index contributed by atoms with van der Waals surface area (Å²) in [5.41, 5.74) is 0.844. The lowest BCUT2D eigenvalue weighted by Crippen LogP contribution is -2.95. The lowest BCUT2D eigenvalue weighted by atomic mass is 10.1. The van der Waals surface area contributed by atoms with E-state index in [1.165, 1.54) is 0 Å². The van der Waals surface area contributed by atoms with E-state index in [0.29, 0.717) is 13.2 Å². The van der Waals surface area contributed by atoms with Crippen LogP contribution in [0.15, 0.2) is 30.9 Å². The number of rotatable bonds is 9. The number of ether oxygens (including phenoxy) is 2. The Kier molecular flexibility index (Phi) is 6.55. The SMILES string of the molecule is C=CCOc1c(C[NH2+]C(C)(C)CO)cccc1OCC. The number of hydrogen-bond acceptors (Lipinski definition) is 3. The number of aliphatic hydroxyl groups is 1. The first-order valence-electron chi connectivity index (χ1n) is 6.97. The molecule has 1 aromatic rings. The van der Waals surface area contributed by atoms with Crippen LogP contribution in [0.2, 0.25) is 0 Å². The third kappa shape index (κ3) is 4.87. The molecule has 0 bridgehead atoms. The van der Waals surface area contributed by atoms with E-state index >= 15 is 0 Å². The second-order valence-corrected chi connectivity index (χ2v) is 5.33. The molecular weight excluding hydrogens is 254 g/mol. The molecule has 0 saturated carbocycles. The Morgan fingerprint density at radius 1 is 1.35 bits per heavy atom. The van der Waals surface area contributed by atoms with Gasteiger partial charge in [0.25, 0.3) is 0 Å². The van der Waals surface area contributed by atoms with Crippen molar-refractivity contribution in [3.8, 4) is 11.5 Å². The summed E-state index contributed by atoms with van der Waals surface area (Å²) in [4.78, 5) is 0. The maximum Gasteiger partial charge on any atom is 0.170 e. The van der Waals surface area contributed by atoms with Gasteiger partial charge in [0, 0.05) is 0 Å². The smallest absolute Gasteiger partial charge is 0.170 e. The van der Waals surface area contributed by atoms with E-state index in [-0.39, 0.29) is 12.1 Å². The molecule has 0 aliphatic rings. The monoisotopic (exact) mass is 280 g/mol. The third-order valence-corrected chi connectivity index (χ3v) is 2.99. The van der Waals surface area contributed by atoms with Crippen molar-refractivity contribution < 1.29 is 19.9 Å². The lowest BCUT2D eigenvalue weighted by Gasteiger charge is -2.21. The number of nitrogens with two attached hydrogens (primary N) is 1. The molecule has 0 aliphatic carbocycles. The Labute approximate surface area is 121 Å². The van der Waals surface area contributed by atoms with Gasteiger partial charge in [0.15, 0.2) is 11.5 Å². The fourth-order valence-electron chi connectivity index (χ4n) is 1.75. The van der Waals surface area contributed by atoms with Gasteiger partial charge in [0.05, 0.1) is 18.8 Å². The van der Waals surface area contributed by atoms with Crippen LogP contribution in [0.3, 0.4) is 0 Å². The average Bonchev–Trinajstić information content (AvgIpc) is 2.44. The first kappa shape index (κ1) is 16.5. The zero-order chi connectivity index (χ0) is 15.0. The van der Waals surface area contributed by atoms with E-state index in [4.69, 9.17) is 9.47 Å². The van der Waals surface area contributed by atoms with Crippen molar-refractivity contribution in [2.45, 2.75) is 32.9 Å². The maximum atomic E-state index is 9.32. The standard InChI is InChI=1S/C16H25NO3/c1-5-10-20-15-13(11-17-16(3,4)12-18)8-7-9-14(15)19-6-2/h5,7-9,17-18H,1,6,10-12H2,2-4H3/p+1. The highest BCUT2D eigenvalue weighted by Gasteiger charge is 2.21. The summed E-state index contributed by atoms with van der Waals surface area (Å²) in [5.74, 6) is 1.52. The lowest BCUT2D eigenvalue weighted by molar-refractivity contribution is -0.736. The largest absolute Gasteiger partial charge is 0.490 e. The Morgan fingerprint density at radius 3 is 2.70 bits per heavy atom. The zero-order valence-corrected chi connectivity index (χ0v) is 12.7. The van der Waals surface area contributed by atoms with Crippen LogP contribution in [0.4, 0.5) is 0 Å². The molecule has 112 valence electrons. The van der Waals surface area contributed by atoms with Crippen molar-refractivity contribution in [3.05, 3.63) is 36.4 Å². The minimum absolute atomic E-state index is 0.126. The van der Waals surface area contributed by atoms with E-state index in [1.54, 1.807) is 6.08 Å². The highest BCUT2D eigenvalue weighted by molar-refractivity contribution is 5.46. The van der Waals surface area contributed by atoms with Crippen molar-refractivity contribution in [1.82, 2.24) is 0 Å². The predicted octanol–water partition coefficient (Wildman–Crippen LogP) is 1.48. The molecule has 3 N–H and O–H groups in total. The second kappa shape index (κ2) is 7.92. The highest BCUT2D eigenvalue weighted by atomic mass is 16.5. The summed E-state index contributed by atoms with van der Waals surface area (Å²) in [5, 5.41) is 11.4. The van der Waals surface area contributed by atoms with E-state index in [2.05, 4.69) is 11.9 Å². The minimum atomic E-state index is -0.211. The van der Waals surface area contributed by atoms with Crippen LogP contribution in [0, 0.1) is 0 Å². The molecule has 0 unspecified atom stereocenters. The Hall–Kier alpha value is -1.52. The van der Waals surface area contributed by atoms with Crippen molar-refractivity contribution in [2.24, 2.45) is 0 Å². The van der Waals surface area contributed by atoms with Crippen LogP contribution in [-0.4, -0.2) is 30.5 Å². The van der Waals surface area contributed by atoms with E-state index in [0.717, 1.165) is 23.6 Å². The fraction of sp³-hybridized carbons (Fsp3) is 0.500. The summed E-state index contributed by atoms with van der Waals surface area (Å²) in [6, 6.07) is 5.88. The Balaban J connectivity index is 2.92. The molecule has 0 saturated heterocycles. The third-order valence-electron chi connectivity index (χ3n) is 2.99. The molecule has 0 amide bonds. The molecule has 0 spiro atoms. The van der Waals surface area contributed by atoms with Gasteiger partial charge in [-0.15, -0.1) is 0 Å². The van der Waals surface area contributed by atoms with Gasteiger partial charge in [-0.3, -0.25) is 0 Å². The van der Waals surface area contributed by atoms with Crippen molar-refractivity contribution in [3.63, 3.8) is 0 Å². The van der Waals surface area contributed by atoms with Crippen LogP contribution >= 0.6 is 0 Å². The van der Waals surface area contributed by atoms with Gasteiger partial charge in [-0.2, -0.15) is 0 Å². The molecule has 1 rings (SSSR count). The van der Waals surface area contributed by atoms with Gasteiger partial charge in [-0.05, 0) is 32.9 Å². The number of quaternary nitrogens is 1. The van der Waals surface area contributed by atoms with Crippen molar-refractivity contribution in [1.29, 1.82) is 0 Å². The van der Waals surface area contributed by atoms with E-state index < -0.39 is 0 Å². The molecule has 4 heteroatoms. The van der Waals surface area contributed by atoms with E-state index in [1.807, 2.05) is 39.0 Å². The summed E-state index contributed by atoms with van der Waals surface area (Å²) in [6.07, 6.45) is 1.72. The quantitative estimate of drug-likeness (QED) is 0.674. The second-order valence-electron chi connectivity index (χ2n) is 5.33. The normalized spacial score (nSPS) is 11.2. The highest BCUT2D eigenvalue weighted by Crippen LogP contribution is 2.31. The van der Waals surface area contributed by atoms with Crippen LogP contribution in [0.25, 0.3) is 0 Å². The average molecular weight is 280 g/mol. The minimum Gasteiger partial charge on any atom is -0.490 e. The van der Waals surface area contributed by atoms with Gasteiger partial charge in [0.1, 0.15) is 18.7 Å². The first-order chi connectivity index (χ1) is 9.54. The topological polar surface area (TPSA) is 55.3 Å². The number of hydrogen-bond donors (Lipinski definition) is 2. The molecule has 0 fully saturated rings. The maximum absolute atomic E-state index is 9.32. The summed E-state index contributed by atoms with van der Waals surface area (Å²) in [6.45, 7) is 11.5. The van der Waals surface area contributed by atoms with Gasteiger partial charge in [-0.1, -0.05) is 18.7 Å². The van der Waals surface area contributed by atoms with Gasteiger partial charge < -0.3 is 19.9 Å². The first-order valence-corrected chi connectivity index (χ1v) is 6.97. The molecular formula is C16H26NO3+. The molecule has 0 heterocycles. The number of aliphatic hydroxyl groups excluding tert-OH is 1. The van der Waals surface area contributed by atoms with Gasteiger partial charge in [-0.25, -0.2) is 0 Å². The van der Waals surface area contributed by atoms with E-state index in [9.17, 15) is 5.11 Å². The molecule has 0 radical (unpaired) electrons. The van der Waals surface area contributed by atoms with Crippen LogP contribution in [0.1, 0.15) is 26.3 Å². The predicted molar refractivity (Wildman–Crippen MR) is 80.1 cm³/mol. The summed E-state index contributed by atoms with van der Waals surface area (Å²) in [7, 11) is 0. The zero-order valence-electron chi connectivity index (χ0n) is 12.7. The van der Waals surface area contributed by atoms with Crippen LogP contribution in [0.5, 0.6) is 11.5 Å². The summed E-state index contributed by atoms with van der Waals surface area (Å²) >= 11 is 0. The van der Waals surface area contributed by atoms with Gasteiger partial charge >= 0.3 is 0 Å².